The van der Waals surface area contributed by atoms with Crippen molar-refractivity contribution < 1.29 is 26.4 Å². The molecule has 2 aromatic heterocycles. The van der Waals surface area contributed by atoms with Gasteiger partial charge in [0.2, 0.25) is 0 Å². The van der Waals surface area contributed by atoms with Gasteiger partial charge in [0, 0.05) is 9.79 Å². The number of hydrogen-bond donors (Lipinski definition) is 4. The molecule has 1 aliphatic rings. The molecule has 18 heteroatoms. The first kappa shape index (κ1) is 39.7. The third kappa shape index (κ3) is 7.18. The molecule has 8 aromatic rings. The zero-order chi connectivity index (χ0) is 42.1. The highest BCUT2D eigenvalue weighted by Crippen LogP contribution is 2.49. The van der Waals surface area contributed by atoms with Gasteiger partial charge in [0.15, 0.2) is 20.2 Å². The lowest BCUT2D eigenvalue weighted by atomic mass is 9.81. The van der Waals surface area contributed by atoms with Crippen LogP contribution in [0.25, 0.3) is 20.4 Å². The van der Waals surface area contributed by atoms with Crippen molar-refractivity contribution in [2.24, 2.45) is 0 Å². The van der Waals surface area contributed by atoms with Gasteiger partial charge in [-0.25, -0.2) is 26.8 Å². The normalized spacial score (nSPS) is 12.8. The predicted molar refractivity (Wildman–Crippen MR) is 240 cm³/mol. The number of anilines is 4. The average Bonchev–Trinajstić information content (AvgIpc) is 3.82. The van der Waals surface area contributed by atoms with Crippen LogP contribution in [0.5, 0.6) is 0 Å². The van der Waals surface area contributed by atoms with E-state index in [0.29, 0.717) is 8.68 Å². The second kappa shape index (κ2) is 15.1. The summed E-state index contributed by atoms with van der Waals surface area (Å²) in [6, 6.07) is 30.0. The fourth-order valence-corrected chi connectivity index (χ4v) is 13.1. The van der Waals surface area contributed by atoms with E-state index in [9.17, 15) is 16.8 Å². The summed E-state index contributed by atoms with van der Waals surface area (Å²) in [7, 11) is -8.71. The van der Waals surface area contributed by atoms with Crippen molar-refractivity contribution in [3.63, 3.8) is 0 Å². The van der Waals surface area contributed by atoms with Gasteiger partial charge in [0.25, 0.3) is 20.0 Å². The summed E-state index contributed by atoms with van der Waals surface area (Å²) in [5.41, 5.74) is 14.7. The number of benzene rings is 6. The molecule has 6 N–H and O–H groups in total. The van der Waals surface area contributed by atoms with Crippen LogP contribution in [0.1, 0.15) is 43.0 Å². The summed E-state index contributed by atoms with van der Waals surface area (Å²) in [4.78, 5) is 39.9. The molecule has 0 radical (unpaired) electrons. The fraction of sp³-hybridized carbons (Fsp3) is 0.0476. The molecule has 0 unspecified atom stereocenters. The van der Waals surface area contributed by atoms with Gasteiger partial charge in [-0.05, 0) is 74.5 Å². The van der Waals surface area contributed by atoms with E-state index in [2.05, 4.69) is 19.4 Å². The Kier molecular flexibility index (Phi) is 9.96. The van der Waals surface area contributed by atoms with Crippen molar-refractivity contribution in [2.45, 2.75) is 42.1 Å². The summed E-state index contributed by atoms with van der Waals surface area (Å²) in [5, 5.41) is 0. The number of carbonyl (C=O) groups is 2. The Morgan fingerprint density at radius 2 is 0.900 bits per heavy atom. The maximum Gasteiger partial charge on any atom is 0.261 e. The Labute approximate surface area is 360 Å². The molecule has 300 valence electrons. The van der Waals surface area contributed by atoms with Gasteiger partial charge < -0.3 is 11.5 Å². The third-order valence-corrected chi connectivity index (χ3v) is 16.7. The third-order valence-electron chi connectivity index (χ3n) is 9.66. The number of sulfonamides is 2. The van der Waals surface area contributed by atoms with Crippen molar-refractivity contribution in [1.29, 1.82) is 0 Å². The first-order valence-electron chi connectivity index (χ1n) is 17.9. The lowest BCUT2D eigenvalue weighted by Crippen LogP contribution is -2.28. The van der Waals surface area contributed by atoms with Gasteiger partial charge in [-0.1, -0.05) is 83.2 Å². The molecule has 0 atom stereocenters. The summed E-state index contributed by atoms with van der Waals surface area (Å²) in [6.45, 7) is 3.63. The van der Waals surface area contributed by atoms with Crippen molar-refractivity contribution in [1.82, 2.24) is 9.97 Å². The Hall–Kier alpha value is -5.76. The summed E-state index contributed by atoms with van der Waals surface area (Å²) in [6.07, 6.45) is 0. The van der Waals surface area contributed by atoms with Gasteiger partial charge >= 0.3 is 0 Å². The van der Waals surface area contributed by atoms with E-state index in [0.717, 1.165) is 55.1 Å². The molecule has 0 aliphatic heterocycles. The molecule has 0 spiro atoms. The molecule has 12 nitrogen and oxygen atoms in total. The number of nitrogens with two attached hydrogens (primary N) is 2. The van der Waals surface area contributed by atoms with Crippen LogP contribution in [-0.4, -0.2) is 38.4 Å². The first-order valence-corrected chi connectivity index (χ1v) is 24.2. The van der Waals surface area contributed by atoms with Crippen molar-refractivity contribution >= 4 is 121 Å². The van der Waals surface area contributed by atoms with Crippen molar-refractivity contribution in [3.8, 4) is 0 Å². The number of aryl methyl sites for hydroxylation is 2. The van der Waals surface area contributed by atoms with E-state index < -0.39 is 31.6 Å². The first-order chi connectivity index (χ1) is 28.7. The SMILES string of the molecule is Cc1ccc(S(=O)(=O)Nc2cc(Sc3nc4ccccc4s3)c(N)c3c2C(=O)c2c(N)c(Sc4nc5ccccc5s4)cc(NS(=O)(=O)c4ccc(C)cc4)c2C3=O)cc1. The minimum absolute atomic E-state index is 0.0872. The number of aromatic nitrogens is 2. The average molecular weight is 907 g/mol. The molecule has 60 heavy (non-hydrogen) atoms. The Morgan fingerprint density at radius 3 is 1.27 bits per heavy atom. The Balaban J connectivity index is 1.25. The van der Waals surface area contributed by atoms with Gasteiger partial charge in [-0.15, -0.1) is 22.7 Å². The van der Waals surface area contributed by atoms with Gasteiger partial charge in [0.05, 0.1) is 75.2 Å². The highest BCUT2D eigenvalue weighted by atomic mass is 32.2. The van der Waals surface area contributed by atoms with E-state index in [1.54, 1.807) is 24.3 Å². The summed E-state index contributed by atoms with van der Waals surface area (Å²) >= 11 is 4.92. The van der Waals surface area contributed by atoms with Crippen LogP contribution in [0.2, 0.25) is 0 Å². The van der Waals surface area contributed by atoms with Gasteiger partial charge in [-0.3, -0.25) is 19.0 Å². The number of fused-ring (bicyclic) bond motifs is 4. The second-order valence-electron chi connectivity index (χ2n) is 13.8. The van der Waals surface area contributed by atoms with E-state index in [-0.39, 0.29) is 64.6 Å². The Bertz CT molecular complexity index is 3040. The number of nitrogens with zero attached hydrogens (tertiary/aromatic N) is 2. The molecular formula is C42H30N6O6S6. The number of hydrogen-bond acceptors (Lipinski definition) is 14. The fourth-order valence-electron chi connectivity index (χ4n) is 6.69. The van der Waals surface area contributed by atoms with E-state index in [1.165, 1.54) is 59.1 Å². The van der Waals surface area contributed by atoms with Crippen LogP contribution >= 0.6 is 46.2 Å². The number of ketones is 2. The molecule has 0 bridgehead atoms. The maximum absolute atomic E-state index is 15.1. The number of rotatable bonds is 10. The van der Waals surface area contributed by atoms with Crippen molar-refractivity contribution in [2.75, 3.05) is 20.9 Å². The molecule has 0 saturated carbocycles. The number of carbonyl (C=O) groups excluding carboxylic acids is 2. The number of para-hydroxylation sites is 2. The smallest absolute Gasteiger partial charge is 0.261 e. The largest absolute Gasteiger partial charge is 0.397 e. The lowest BCUT2D eigenvalue weighted by molar-refractivity contribution is 0.0981. The highest BCUT2D eigenvalue weighted by molar-refractivity contribution is 8.01. The Morgan fingerprint density at radius 1 is 0.533 bits per heavy atom. The molecule has 0 fully saturated rings. The number of nitrogens with one attached hydrogen (secondary N) is 2. The molecule has 9 rings (SSSR count). The molecular weight excluding hydrogens is 877 g/mol. The second-order valence-corrected chi connectivity index (χ2v) is 21.8. The predicted octanol–water partition coefficient (Wildman–Crippen LogP) is 9.37. The van der Waals surface area contributed by atoms with Gasteiger partial charge in [0.1, 0.15) is 0 Å². The molecule has 2 heterocycles. The minimum Gasteiger partial charge on any atom is -0.397 e. The van der Waals surface area contributed by atoms with Gasteiger partial charge in [-0.2, -0.15) is 0 Å². The van der Waals surface area contributed by atoms with Crippen LogP contribution < -0.4 is 20.9 Å². The lowest BCUT2D eigenvalue weighted by Gasteiger charge is -2.27. The number of thiazole rings is 2. The monoisotopic (exact) mass is 906 g/mol. The highest BCUT2D eigenvalue weighted by Gasteiger charge is 2.41. The zero-order valence-electron chi connectivity index (χ0n) is 31.3. The molecule has 0 amide bonds. The zero-order valence-corrected chi connectivity index (χ0v) is 36.2. The molecule has 1 aliphatic carbocycles. The summed E-state index contributed by atoms with van der Waals surface area (Å²) in [5.74, 6) is -1.69. The van der Waals surface area contributed by atoms with Crippen LogP contribution in [0.3, 0.4) is 0 Å². The molecule has 6 aromatic carbocycles. The minimum atomic E-state index is -4.35. The van der Waals surface area contributed by atoms with E-state index >= 15 is 9.59 Å². The van der Waals surface area contributed by atoms with Crippen LogP contribution in [0, 0.1) is 13.8 Å². The standard InChI is InChI=1S/C42H30N6O6S6/c1-21-11-15-23(16-12-21)59(51,52)47-27-19-31(57-41-45-25-7-3-5-9-29(25)55-41)37(43)35-33(27)39(49)36-34(40(35)50)28(48-60(53,54)24-17-13-22(2)14-18-24)20-32(38(36)44)58-42-46-26-8-4-6-10-30(26)56-42/h3-20,47-48H,43-44H2,1-2H3. The van der Waals surface area contributed by atoms with Crippen molar-refractivity contribution in [3.05, 3.63) is 143 Å². The van der Waals surface area contributed by atoms with E-state index in [4.69, 9.17) is 11.5 Å². The molecule has 0 saturated heterocycles. The van der Waals surface area contributed by atoms with Crippen LogP contribution in [0.4, 0.5) is 22.7 Å². The van der Waals surface area contributed by atoms with Crippen LogP contribution in [-0.2, 0) is 20.0 Å². The van der Waals surface area contributed by atoms with E-state index in [1.807, 2.05) is 62.4 Å². The van der Waals surface area contributed by atoms with Crippen LogP contribution in [0.15, 0.2) is 137 Å². The maximum atomic E-state index is 15.1. The topological polar surface area (TPSA) is 204 Å². The summed E-state index contributed by atoms with van der Waals surface area (Å²) < 4.78 is 64.0. The quantitative estimate of drug-likeness (QED) is 0.0948. The number of nitrogen functional groups attached to an aromatic ring is 2.